The molecule has 0 radical (unpaired) electrons. The zero-order chi connectivity index (χ0) is 15.6. The Morgan fingerprint density at radius 1 is 1.38 bits per heavy atom. The van der Waals surface area contributed by atoms with Gasteiger partial charge in [-0.1, -0.05) is 30.1 Å². The van der Waals surface area contributed by atoms with Gasteiger partial charge >= 0.3 is 11.8 Å². The van der Waals surface area contributed by atoms with Crippen molar-refractivity contribution in [3.63, 3.8) is 0 Å². The van der Waals surface area contributed by atoms with E-state index in [1.807, 2.05) is 6.92 Å². The van der Waals surface area contributed by atoms with Crippen LogP contribution >= 0.6 is 23.2 Å². The molecular formula is C14H16Cl2N2O3. The highest BCUT2D eigenvalue weighted by Gasteiger charge is 2.30. The zero-order valence-corrected chi connectivity index (χ0v) is 13.0. The maximum atomic E-state index is 12.1. The molecule has 0 spiro atoms. The zero-order valence-electron chi connectivity index (χ0n) is 11.5. The quantitative estimate of drug-likeness (QED) is 0.775. The van der Waals surface area contributed by atoms with Gasteiger partial charge in [0.2, 0.25) is 0 Å². The largest absolute Gasteiger partial charge is 0.391 e. The van der Waals surface area contributed by atoms with E-state index in [4.69, 9.17) is 23.2 Å². The van der Waals surface area contributed by atoms with Crippen LogP contribution in [-0.2, 0) is 9.59 Å². The van der Waals surface area contributed by atoms with Gasteiger partial charge in [-0.15, -0.1) is 0 Å². The maximum absolute atomic E-state index is 12.1. The summed E-state index contributed by atoms with van der Waals surface area (Å²) in [5.41, 5.74) is 0.324. The second-order valence-corrected chi connectivity index (χ2v) is 6.01. The average Bonchev–Trinajstić information content (AvgIpc) is 2.44. The van der Waals surface area contributed by atoms with Crippen LogP contribution in [-0.4, -0.2) is 41.0 Å². The second kappa shape index (κ2) is 6.64. The van der Waals surface area contributed by atoms with E-state index >= 15 is 0 Å². The average molecular weight is 331 g/mol. The molecule has 2 unspecified atom stereocenters. The summed E-state index contributed by atoms with van der Waals surface area (Å²) in [4.78, 5) is 25.4. The summed E-state index contributed by atoms with van der Waals surface area (Å²) in [6.45, 7) is 2.54. The standard InChI is InChI=1S/C14H16Cl2N2O3/c1-8-4-5-18(7-12(8)19)14(21)13(20)17-11-3-2-9(15)6-10(11)16/h2-3,6,8,12,19H,4-5,7H2,1H3,(H,17,20). The maximum Gasteiger partial charge on any atom is 0.313 e. The smallest absolute Gasteiger partial charge is 0.313 e. The van der Waals surface area contributed by atoms with E-state index in [1.165, 1.54) is 17.0 Å². The Morgan fingerprint density at radius 2 is 2.10 bits per heavy atom. The van der Waals surface area contributed by atoms with Crippen LogP contribution < -0.4 is 5.32 Å². The molecule has 1 aliphatic heterocycles. The van der Waals surface area contributed by atoms with E-state index in [0.717, 1.165) is 0 Å². The molecule has 1 saturated heterocycles. The van der Waals surface area contributed by atoms with E-state index in [-0.39, 0.29) is 17.5 Å². The number of aliphatic hydroxyl groups excluding tert-OH is 1. The van der Waals surface area contributed by atoms with Crippen molar-refractivity contribution in [2.75, 3.05) is 18.4 Å². The highest BCUT2D eigenvalue weighted by molar-refractivity contribution is 6.42. The number of halogens is 2. The summed E-state index contributed by atoms with van der Waals surface area (Å²) >= 11 is 11.7. The number of nitrogens with zero attached hydrogens (tertiary/aromatic N) is 1. The highest BCUT2D eigenvalue weighted by atomic mass is 35.5. The van der Waals surface area contributed by atoms with Gasteiger partial charge in [0, 0.05) is 18.1 Å². The number of hydrogen-bond acceptors (Lipinski definition) is 3. The number of benzene rings is 1. The van der Waals surface area contributed by atoms with Crippen molar-refractivity contribution < 1.29 is 14.7 Å². The Balaban J connectivity index is 2.01. The van der Waals surface area contributed by atoms with E-state index < -0.39 is 17.9 Å². The van der Waals surface area contributed by atoms with E-state index in [9.17, 15) is 14.7 Å². The van der Waals surface area contributed by atoms with E-state index in [1.54, 1.807) is 6.07 Å². The number of aliphatic hydroxyl groups is 1. The molecule has 5 nitrogen and oxygen atoms in total. The summed E-state index contributed by atoms with van der Waals surface area (Å²) in [7, 11) is 0. The molecule has 1 fully saturated rings. The van der Waals surface area contributed by atoms with Crippen LogP contribution in [0.1, 0.15) is 13.3 Å². The van der Waals surface area contributed by atoms with Crippen molar-refractivity contribution in [2.24, 2.45) is 5.92 Å². The molecule has 1 aromatic rings. The van der Waals surface area contributed by atoms with Crippen molar-refractivity contribution in [3.8, 4) is 0 Å². The molecule has 1 heterocycles. The third-order valence-electron chi connectivity index (χ3n) is 3.58. The first-order valence-electron chi connectivity index (χ1n) is 6.62. The molecule has 114 valence electrons. The van der Waals surface area contributed by atoms with Crippen molar-refractivity contribution in [3.05, 3.63) is 28.2 Å². The van der Waals surface area contributed by atoms with Gasteiger partial charge in [0.05, 0.1) is 16.8 Å². The number of carbonyl (C=O) groups is 2. The van der Waals surface area contributed by atoms with Gasteiger partial charge in [0.25, 0.3) is 0 Å². The Kier molecular flexibility index (Phi) is 5.08. The second-order valence-electron chi connectivity index (χ2n) is 5.16. The van der Waals surface area contributed by atoms with Gasteiger partial charge in [0.1, 0.15) is 0 Å². The Hall–Kier alpha value is -1.30. The van der Waals surface area contributed by atoms with Gasteiger partial charge in [-0.3, -0.25) is 9.59 Å². The lowest BCUT2D eigenvalue weighted by atomic mass is 9.96. The fourth-order valence-electron chi connectivity index (χ4n) is 2.14. The van der Waals surface area contributed by atoms with Crippen molar-refractivity contribution in [2.45, 2.75) is 19.4 Å². The lowest BCUT2D eigenvalue weighted by Gasteiger charge is -2.33. The number of rotatable bonds is 1. The van der Waals surface area contributed by atoms with Crippen LogP contribution in [0.25, 0.3) is 0 Å². The summed E-state index contributed by atoms with van der Waals surface area (Å²) in [6.07, 6.45) is 0.0663. The lowest BCUT2D eigenvalue weighted by Crippen LogP contribution is -2.49. The van der Waals surface area contributed by atoms with Crippen LogP contribution in [0, 0.1) is 5.92 Å². The van der Waals surface area contributed by atoms with E-state index in [2.05, 4.69) is 5.32 Å². The highest BCUT2D eigenvalue weighted by Crippen LogP contribution is 2.25. The number of β-amino-alcohol motifs (C(OH)–C–C–N with tert-alkyl or cyclic N) is 1. The number of hydrogen-bond donors (Lipinski definition) is 2. The van der Waals surface area contributed by atoms with Gasteiger partial charge in [-0.25, -0.2) is 0 Å². The third kappa shape index (κ3) is 3.87. The molecule has 7 heteroatoms. The fourth-order valence-corrected chi connectivity index (χ4v) is 2.60. The summed E-state index contributed by atoms with van der Waals surface area (Å²) in [6, 6.07) is 4.58. The lowest BCUT2D eigenvalue weighted by molar-refractivity contribution is -0.146. The van der Waals surface area contributed by atoms with E-state index in [0.29, 0.717) is 23.7 Å². The van der Waals surface area contributed by atoms with Crippen LogP contribution in [0.5, 0.6) is 0 Å². The molecule has 0 aliphatic carbocycles. The van der Waals surface area contributed by atoms with Crippen LogP contribution in [0.3, 0.4) is 0 Å². The van der Waals surface area contributed by atoms with Gasteiger partial charge < -0.3 is 15.3 Å². The number of amides is 2. The number of likely N-dealkylation sites (tertiary alicyclic amines) is 1. The Morgan fingerprint density at radius 3 is 2.71 bits per heavy atom. The molecule has 0 saturated carbocycles. The summed E-state index contributed by atoms with van der Waals surface area (Å²) in [5, 5.41) is 12.9. The SMILES string of the molecule is CC1CCN(C(=O)C(=O)Nc2ccc(Cl)cc2Cl)CC1O. The molecule has 2 rings (SSSR count). The number of nitrogens with one attached hydrogen (secondary N) is 1. The van der Waals surface area contributed by atoms with Gasteiger partial charge in [-0.05, 0) is 30.5 Å². The van der Waals surface area contributed by atoms with Crippen LogP contribution in [0.2, 0.25) is 10.0 Å². The van der Waals surface area contributed by atoms with Crippen LogP contribution in [0.4, 0.5) is 5.69 Å². The summed E-state index contributed by atoms with van der Waals surface area (Å²) < 4.78 is 0. The molecule has 0 aromatic heterocycles. The Bertz CT molecular complexity index is 565. The number of carbonyl (C=O) groups excluding carboxylic acids is 2. The molecular weight excluding hydrogens is 315 g/mol. The van der Waals surface area contributed by atoms with Crippen LogP contribution in [0.15, 0.2) is 18.2 Å². The monoisotopic (exact) mass is 330 g/mol. The van der Waals surface area contributed by atoms with Gasteiger partial charge in [-0.2, -0.15) is 0 Å². The fraction of sp³-hybridized carbons (Fsp3) is 0.429. The molecule has 2 N–H and O–H groups in total. The normalized spacial score (nSPS) is 22.0. The molecule has 0 bridgehead atoms. The molecule has 2 amide bonds. The topological polar surface area (TPSA) is 69.6 Å². The predicted octanol–water partition coefficient (Wildman–Crippen LogP) is 2.16. The number of anilines is 1. The minimum atomic E-state index is -0.777. The first kappa shape index (κ1) is 16.1. The van der Waals surface area contributed by atoms with Crippen molar-refractivity contribution >= 4 is 40.7 Å². The Labute approximate surface area is 132 Å². The predicted molar refractivity (Wildman–Crippen MR) is 81.5 cm³/mol. The summed E-state index contributed by atoms with van der Waals surface area (Å²) in [5.74, 6) is -1.32. The number of piperidine rings is 1. The minimum Gasteiger partial charge on any atom is -0.391 e. The molecule has 1 aromatic carbocycles. The van der Waals surface area contributed by atoms with Crippen molar-refractivity contribution in [1.82, 2.24) is 4.90 Å². The molecule has 2 atom stereocenters. The van der Waals surface area contributed by atoms with Crippen molar-refractivity contribution in [1.29, 1.82) is 0 Å². The first-order valence-corrected chi connectivity index (χ1v) is 7.37. The molecule has 21 heavy (non-hydrogen) atoms. The van der Waals surface area contributed by atoms with Gasteiger partial charge in [0.15, 0.2) is 0 Å². The first-order chi connectivity index (χ1) is 9.88. The third-order valence-corrected chi connectivity index (χ3v) is 4.13. The minimum absolute atomic E-state index is 0.128. The molecule has 1 aliphatic rings.